The molecule has 0 unspecified atom stereocenters. The molecule has 27 heavy (non-hydrogen) atoms. The van der Waals surface area contributed by atoms with E-state index in [-0.39, 0.29) is 17.5 Å². The zero-order valence-electron chi connectivity index (χ0n) is 15.6. The van der Waals surface area contributed by atoms with Crippen LogP contribution < -0.4 is 11.0 Å². The van der Waals surface area contributed by atoms with Crippen LogP contribution in [0.3, 0.4) is 0 Å². The minimum Gasteiger partial charge on any atom is -0.326 e. The molecule has 0 radical (unpaired) electrons. The van der Waals surface area contributed by atoms with Crippen LogP contribution in [0.2, 0.25) is 0 Å². The summed E-state index contributed by atoms with van der Waals surface area (Å²) in [5, 5.41) is 7.57. The fourth-order valence-corrected chi connectivity index (χ4v) is 4.07. The van der Waals surface area contributed by atoms with E-state index in [9.17, 15) is 9.59 Å². The van der Waals surface area contributed by atoms with Gasteiger partial charge >= 0.3 is 5.69 Å². The molecule has 1 N–H and O–H groups in total. The number of carbonyl (C=O) groups is 1. The van der Waals surface area contributed by atoms with Crippen molar-refractivity contribution in [1.82, 2.24) is 19.2 Å². The van der Waals surface area contributed by atoms with Crippen LogP contribution in [0.4, 0.5) is 5.69 Å². The molecule has 0 saturated carbocycles. The first-order valence-corrected chi connectivity index (χ1v) is 9.95. The molecule has 7 heteroatoms. The van der Waals surface area contributed by atoms with Gasteiger partial charge in [-0.15, -0.1) is 0 Å². The van der Waals surface area contributed by atoms with Crippen LogP contribution in [0.1, 0.15) is 37.9 Å². The third-order valence-electron chi connectivity index (χ3n) is 5.53. The lowest BCUT2D eigenvalue weighted by Gasteiger charge is -2.31. The number of fused-ring (bicyclic) bond motifs is 1. The van der Waals surface area contributed by atoms with Gasteiger partial charge in [-0.25, -0.2) is 4.79 Å². The molecule has 144 valence electrons. The fraction of sp³-hybridized carbons (Fsp3) is 0.550. The second kappa shape index (κ2) is 8.08. The number of benzene rings is 1. The summed E-state index contributed by atoms with van der Waals surface area (Å²) >= 11 is 0. The van der Waals surface area contributed by atoms with Crippen LogP contribution in [0.25, 0.3) is 0 Å². The molecule has 0 spiro atoms. The number of aromatic nitrogens is 3. The molecule has 4 rings (SSSR count). The minimum absolute atomic E-state index is 0.0113. The largest absolute Gasteiger partial charge is 0.347 e. The number of hydrogen-bond donors (Lipinski definition) is 1. The Hall–Kier alpha value is -2.41. The number of hydrogen-bond acceptors (Lipinski definition) is 4. The summed E-state index contributed by atoms with van der Waals surface area (Å²) < 4.78 is 3.41. The van der Waals surface area contributed by atoms with Gasteiger partial charge in [0.15, 0.2) is 0 Å². The Balaban J connectivity index is 1.40. The van der Waals surface area contributed by atoms with Gasteiger partial charge in [0.25, 0.3) is 0 Å². The molecule has 1 saturated heterocycles. The summed E-state index contributed by atoms with van der Waals surface area (Å²) in [5.74, 6) is 0.904. The molecule has 2 aliphatic rings. The molecule has 7 nitrogen and oxygen atoms in total. The Bertz CT molecular complexity index is 842. The van der Waals surface area contributed by atoms with E-state index in [1.54, 1.807) is 4.68 Å². The van der Waals surface area contributed by atoms with Crippen molar-refractivity contribution >= 4 is 11.6 Å². The van der Waals surface area contributed by atoms with Crippen molar-refractivity contribution in [2.24, 2.45) is 5.92 Å². The molecule has 3 heterocycles. The molecule has 2 aromatic rings. The highest BCUT2D eigenvalue weighted by Gasteiger charge is 2.27. The van der Waals surface area contributed by atoms with Crippen LogP contribution >= 0.6 is 0 Å². The predicted molar refractivity (Wildman–Crippen MR) is 103 cm³/mol. The number of amides is 1. The zero-order valence-corrected chi connectivity index (χ0v) is 15.6. The maximum atomic E-state index is 12.7. The van der Waals surface area contributed by atoms with E-state index in [2.05, 4.69) is 15.3 Å². The summed E-state index contributed by atoms with van der Waals surface area (Å²) in [7, 11) is 0. The Morgan fingerprint density at radius 3 is 2.81 bits per heavy atom. The first kappa shape index (κ1) is 18.0. The number of nitrogens with zero attached hydrogens (tertiary/aromatic N) is 4. The van der Waals surface area contributed by atoms with Crippen molar-refractivity contribution in [2.45, 2.75) is 51.7 Å². The Morgan fingerprint density at radius 1 is 1.11 bits per heavy atom. The van der Waals surface area contributed by atoms with Gasteiger partial charge in [-0.05, 0) is 44.4 Å². The van der Waals surface area contributed by atoms with Crippen LogP contribution in [-0.4, -0.2) is 38.2 Å². The van der Waals surface area contributed by atoms with Gasteiger partial charge in [-0.2, -0.15) is 9.78 Å². The van der Waals surface area contributed by atoms with E-state index < -0.39 is 0 Å². The summed E-state index contributed by atoms with van der Waals surface area (Å²) in [5.41, 5.74) is 0.816. The second-order valence-electron chi connectivity index (χ2n) is 7.57. The minimum atomic E-state index is -0.0601. The van der Waals surface area contributed by atoms with Gasteiger partial charge in [0.2, 0.25) is 5.91 Å². The van der Waals surface area contributed by atoms with Crippen molar-refractivity contribution in [3.05, 3.63) is 46.6 Å². The van der Waals surface area contributed by atoms with Gasteiger partial charge in [0.1, 0.15) is 5.82 Å². The monoisotopic (exact) mass is 369 g/mol. The molecular formula is C20H27N5O2. The quantitative estimate of drug-likeness (QED) is 0.896. The highest BCUT2D eigenvalue weighted by molar-refractivity contribution is 5.92. The molecule has 2 aliphatic heterocycles. The molecule has 1 aromatic carbocycles. The lowest BCUT2D eigenvalue weighted by Crippen LogP contribution is -2.43. The fourth-order valence-electron chi connectivity index (χ4n) is 4.07. The van der Waals surface area contributed by atoms with E-state index in [0.29, 0.717) is 13.2 Å². The molecule has 1 atom stereocenters. The number of likely N-dealkylation sites (tertiary alicyclic amines) is 1. The van der Waals surface area contributed by atoms with Gasteiger partial charge in [-0.3, -0.25) is 14.3 Å². The Morgan fingerprint density at radius 2 is 1.96 bits per heavy atom. The number of aryl methyl sites for hydroxylation is 1. The number of nitrogens with one attached hydrogen (secondary N) is 1. The van der Waals surface area contributed by atoms with Crippen molar-refractivity contribution in [1.29, 1.82) is 0 Å². The Labute approximate surface area is 159 Å². The maximum Gasteiger partial charge on any atom is 0.347 e. The van der Waals surface area contributed by atoms with Crippen LogP contribution in [0.15, 0.2) is 35.1 Å². The van der Waals surface area contributed by atoms with E-state index in [1.807, 2.05) is 34.9 Å². The van der Waals surface area contributed by atoms with Crippen LogP contribution in [0, 0.1) is 5.92 Å². The van der Waals surface area contributed by atoms with E-state index in [4.69, 9.17) is 0 Å². The highest BCUT2D eigenvalue weighted by Crippen LogP contribution is 2.19. The topological polar surface area (TPSA) is 72.2 Å². The summed E-state index contributed by atoms with van der Waals surface area (Å²) in [6.07, 6.45) is 6.02. The number of anilines is 1. The average molecular weight is 369 g/mol. The summed E-state index contributed by atoms with van der Waals surface area (Å²) in [6.45, 7) is 2.79. The molecule has 1 amide bonds. The number of carbonyl (C=O) groups excluding carboxylic acids is 1. The van der Waals surface area contributed by atoms with E-state index in [0.717, 1.165) is 63.1 Å². The van der Waals surface area contributed by atoms with Crippen LogP contribution in [0.5, 0.6) is 0 Å². The lowest BCUT2D eigenvalue weighted by atomic mass is 9.97. The third kappa shape index (κ3) is 4.13. The smallest absolute Gasteiger partial charge is 0.326 e. The highest BCUT2D eigenvalue weighted by atomic mass is 16.2. The Kier molecular flexibility index (Phi) is 5.38. The summed E-state index contributed by atoms with van der Waals surface area (Å²) in [6, 6.07) is 9.56. The van der Waals surface area contributed by atoms with Crippen molar-refractivity contribution in [2.75, 3.05) is 18.4 Å². The lowest BCUT2D eigenvalue weighted by molar-refractivity contribution is -0.121. The van der Waals surface area contributed by atoms with Gasteiger partial charge < -0.3 is 5.32 Å². The third-order valence-corrected chi connectivity index (χ3v) is 5.53. The molecular weight excluding hydrogens is 342 g/mol. The van der Waals surface area contributed by atoms with Crippen molar-refractivity contribution in [3.8, 4) is 0 Å². The number of rotatable bonds is 4. The molecule has 1 aromatic heterocycles. The van der Waals surface area contributed by atoms with Gasteiger partial charge in [0, 0.05) is 25.2 Å². The van der Waals surface area contributed by atoms with E-state index in [1.165, 1.54) is 0 Å². The normalized spacial score (nSPS) is 20.7. The molecule has 0 aliphatic carbocycles. The number of para-hydroxylation sites is 1. The van der Waals surface area contributed by atoms with Gasteiger partial charge in [-0.1, -0.05) is 24.6 Å². The van der Waals surface area contributed by atoms with E-state index >= 15 is 0 Å². The van der Waals surface area contributed by atoms with Crippen molar-refractivity contribution < 1.29 is 4.79 Å². The average Bonchev–Trinajstić information content (AvgIpc) is 2.85. The van der Waals surface area contributed by atoms with Crippen molar-refractivity contribution in [3.63, 3.8) is 0 Å². The van der Waals surface area contributed by atoms with Gasteiger partial charge in [0.05, 0.1) is 12.6 Å². The molecule has 1 fully saturated rings. The summed E-state index contributed by atoms with van der Waals surface area (Å²) in [4.78, 5) is 27.4. The van der Waals surface area contributed by atoms with Crippen LogP contribution in [-0.2, 0) is 24.4 Å². The first-order valence-electron chi connectivity index (χ1n) is 9.95. The maximum absolute atomic E-state index is 12.7. The number of piperidine rings is 1. The molecule has 0 bridgehead atoms. The standard InChI is InChI=1S/C20H27N5O2/c26-19(21-17-9-3-1-4-10-17)16-8-7-12-23(14-16)15-25-20(27)24-13-6-2-5-11-18(24)22-25/h1,3-4,9-10,16H,2,5-8,11-15H2,(H,21,26)/t16-/m1/s1. The second-order valence-corrected chi connectivity index (χ2v) is 7.57. The first-order chi connectivity index (χ1) is 13.2. The zero-order chi connectivity index (χ0) is 18.6. The predicted octanol–water partition coefficient (Wildman–Crippen LogP) is 2.08. The SMILES string of the molecule is O=C(Nc1ccccc1)[C@@H]1CCCN(Cn2nc3n(c2=O)CCCCC3)C1.